The lowest BCUT2D eigenvalue weighted by molar-refractivity contribution is 0.138. The summed E-state index contributed by atoms with van der Waals surface area (Å²) in [6.07, 6.45) is 2.43. The summed E-state index contributed by atoms with van der Waals surface area (Å²) >= 11 is 0. The molecule has 0 spiro atoms. The van der Waals surface area contributed by atoms with Gasteiger partial charge in [-0.2, -0.15) is 5.10 Å². The van der Waals surface area contributed by atoms with Crippen molar-refractivity contribution in [2.75, 3.05) is 5.32 Å². The van der Waals surface area contributed by atoms with E-state index < -0.39 is 0 Å². The van der Waals surface area contributed by atoms with Gasteiger partial charge in [-0.25, -0.2) is 10.2 Å². The van der Waals surface area contributed by atoms with Gasteiger partial charge in [0.25, 0.3) is 0 Å². The number of ether oxygens (including phenoxy) is 1. The molecule has 0 saturated carbocycles. The van der Waals surface area contributed by atoms with Crippen molar-refractivity contribution in [3.8, 4) is 16.9 Å². The van der Waals surface area contributed by atoms with E-state index in [2.05, 4.69) is 28.0 Å². The van der Waals surface area contributed by atoms with E-state index in [4.69, 9.17) is 4.74 Å². The molecule has 0 aromatic heterocycles. The number of rotatable bonds is 4. The average Bonchev–Trinajstić information content (AvgIpc) is 3.02. The fourth-order valence-corrected chi connectivity index (χ4v) is 3.40. The van der Waals surface area contributed by atoms with Crippen LogP contribution in [0.5, 0.6) is 5.75 Å². The predicted molar refractivity (Wildman–Crippen MR) is 116 cm³/mol. The molecular formula is C24H23N3O2. The molecule has 3 aromatic rings. The normalized spacial score (nSPS) is 14.3. The molecule has 5 heteroatoms. The molecule has 0 radical (unpaired) electrons. The molecule has 0 aliphatic carbocycles. The highest BCUT2D eigenvalue weighted by Gasteiger charge is 2.29. The van der Waals surface area contributed by atoms with Crippen molar-refractivity contribution in [3.63, 3.8) is 0 Å². The summed E-state index contributed by atoms with van der Waals surface area (Å²) in [5.74, 6) is 0.873. The summed E-state index contributed by atoms with van der Waals surface area (Å²) in [6.45, 7) is 4.10. The second-order valence-electron chi connectivity index (χ2n) is 7.67. The summed E-state index contributed by atoms with van der Waals surface area (Å²) < 4.78 is 5.85. The van der Waals surface area contributed by atoms with Crippen molar-refractivity contribution in [2.45, 2.75) is 25.9 Å². The van der Waals surface area contributed by atoms with E-state index >= 15 is 0 Å². The van der Waals surface area contributed by atoms with Crippen LogP contribution in [0.1, 0.15) is 25.0 Å². The first-order chi connectivity index (χ1) is 14.0. The van der Waals surface area contributed by atoms with Crippen LogP contribution in [0.25, 0.3) is 11.1 Å². The fourth-order valence-electron chi connectivity index (χ4n) is 3.40. The number of nitrogens with one attached hydrogen (secondary N) is 2. The molecule has 3 aromatic carbocycles. The van der Waals surface area contributed by atoms with Crippen LogP contribution in [-0.4, -0.2) is 17.8 Å². The van der Waals surface area contributed by atoms with Crippen LogP contribution in [-0.2, 0) is 6.42 Å². The third-order valence-electron chi connectivity index (χ3n) is 4.72. The number of urea groups is 1. The maximum absolute atomic E-state index is 12.1. The van der Waals surface area contributed by atoms with E-state index in [1.54, 1.807) is 6.21 Å². The van der Waals surface area contributed by atoms with Crippen LogP contribution >= 0.6 is 0 Å². The van der Waals surface area contributed by atoms with Gasteiger partial charge in [-0.05, 0) is 48.7 Å². The van der Waals surface area contributed by atoms with Crippen molar-refractivity contribution in [1.29, 1.82) is 0 Å². The summed E-state index contributed by atoms with van der Waals surface area (Å²) in [4.78, 5) is 12.1. The molecule has 0 unspecified atom stereocenters. The zero-order chi connectivity index (χ0) is 20.3. The van der Waals surface area contributed by atoms with E-state index in [1.807, 2.05) is 74.5 Å². The number of carbonyl (C=O) groups is 1. The molecule has 5 nitrogen and oxygen atoms in total. The van der Waals surface area contributed by atoms with E-state index in [9.17, 15) is 4.79 Å². The molecule has 1 heterocycles. The number of hydrogen-bond donors (Lipinski definition) is 2. The second kappa shape index (κ2) is 7.80. The maximum atomic E-state index is 12.1. The molecular weight excluding hydrogens is 362 g/mol. The summed E-state index contributed by atoms with van der Waals surface area (Å²) in [7, 11) is 0. The molecule has 1 aliphatic rings. The van der Waals surface area contributed by atoms with Gasteiger partial charge in [-0.1, -0.05) is 54.6 Å². The zero-order valence-electron chi connectivity index (χ0n) is 16.5. The minimum atomic E-state index is -0.389. The van der Waals surface area contributed by atoms with Crippen LogP contribution in [0.4, 0.5) is 10.5 Å². The molecule has 0 atom stereocenters. The van der Waals surface area contributed by atoms with Gasteiger partial charge in [0.15, 0.2) is 0 Å². The molecule has 0 bridgehead atoms. The van der Waals surface area contributed by atoms with Gasteiger partial charge in [0.1, 0.15) is 11.4 Å². The lowest BCUT2D eigenvalue weighted by atomic mass is 10.0. The highest BCUT2D eigenvalue weighted by molar-refractivity contribution is 5.90. The van der Waals surface area contributed by atoms with Gasteiger partial charge in [0.2, 0.25) is 0 Å². The first kappa shape index (κ1) is 18.7. The van der Waals surface area contributed by atoms with Gasteiger partial charge < -0.3 is 10.1 Å². The number of hydrazone groups is 1. The standard InChI is InChI=1S/C24H23N3O2/c1-24(2)15-20-14-21(12-13-22(20)29-24)26-23(28)27-25-16-17-8-10-19(11-9-17)18-6-4-3-5-7-18/h3-14,16H,15H2,1-2H3,(H2,26,27,28)/b25-16+. The van der Waals surface area contributed by atoms with Gasteiger partial charge in [0, 0.05) is 17.7 Å². The Balaban J connectivity index is 1.32. The topological polar surface area (TPSA) is 62.7 Å². The van der Waals surface area contributed by atoms with Crippen molar-refractivity contribution in [2.24, 2.45) is 5.10 Å². The van der Waals surface area contributed by atoms with Gasteiger partial charge in [0.05, 0.1) is 6.21 Å². The SMILES string of the molecule is CC1(C)Cc2cc(NC(=O)N/N=C/c3ccc(-c4ccccc4)cc3)ccc2O1. The van der Waals surface area contributed by atoms with Crippen LogP contribution in [0.3, 0.4) is 0 Å². The molecule has 2 N–H and O–H groups in total. The summed E-state index contributed by atoms with van der Waals surface area (Å²) in [5.41, 5.74) is 7.30. The number of anilines is 1. The Morgan fingerprint density at radius 1 is 1.00 bits per heavy atom. The minimum Gasteiger partial charge on any atom is -0.487 e. The Bertz CT molecular complexity index is 1040. The van der Waals surface area contributed by atoms with Gasteiger partial charge in [-0.3, -0.25) is 0 Å². The lowest BCUT2D eigenvalue weighted by Crippen LogP contribution is -2.24. The number of benzene rings is 3. The third kappa shape index (κ3) is 4.63. The highest BCUT2D eigenvalue weighted by atomic mass is 16.5. The Morgan fingerprint density at radius 3 is 2.48 bits per heavy atom. The van der Waals surface area contributed by atoms with Crippen LogP contribution in [0.2, 0.25) is 0 Å². The second-order valence-corrected chi connectivity index (χ2v) is 7.67. The Hall–Kier alpha value is -3.60. The highest BCUT2D eigenvalue weighted by Crippen LogP contribution is 2.36. The Kier molecular flexibility index (Phi) is 5.04. The molecule has 0 fully saturated rings. The molecule has 4 rings (SSSR count). The van der Waals surface area contributed by atoms with Crippen LogP contribution < -0.4 is 15.5 Å². The van der Waals surface area contributed by atoms with Crippen LogP contribution in [0.15, 0.2) is 77.9 Å². The number of hydrogen-bond acceptors (Lipinski definition) is 3. The van der Waals surface area contributed by atoms with E-state index in [-0.39, 0.29) is 11.6 Å². The third-order valence-corrected chi connectivity index (χ3v) is 4.72. The first-order valence-corrected chi connectivity index (χ1v) is 9.56. The van der Waals surface area contributed by atoms with Crippen LogP contribution in [0, 0.1) is 0 Å². The summed E-state index contributed by atoms with van der Waals surface area (Å²) in [6, 6.07) is 23.4. The Labute approximate surface area is 170 Å². The summed E-state index contributed by atoms with van der Waals surface area (Å²) in [5, 5.41) is 6.82. The largest absolute Gasteiger partial charge is 0.487 e. The van der Waals surface area contributed by atoms with Gasteiger partial charge in [-0.15, -0.1) is 0 Å². The fraction of sp³-hybridized carbons (Fsp3) is 0.167. The predicted octanol–water partition coefficient (Wildman–Crippen LogP) is 5.22. The Morgan fingerprint density at radius 2 is 1.72 bits per heavy atom. The van der Waals surface area contributed by atoms with Crippen molar-refractivity contribution < 1.29 is 9.53 Å². The zero-order valence-corrected chi connectivity index (χ0v) is 16.5. The lowest BCUT2D eigenvalue weighted by Gasteiger charge is -2.16. The van der Waals surface area contributed by atoms with E-state index in [0.29, 0.717) is 5.69 Å². The maximum Gasteiger partial charge on any atom is 0.339 e. The van der Waals surface area contributed by atoms with E-state index in [0.717, 1.165) is 34.4 Å². The quantitative estimate of drug-likeness (QED) is 0.478. The molecule has 146 valence electrons. The van der Waals surface area contributed by atoms with Crippen molar-refractivity contribution in [3.05, 3.63) is 83.9 Å². The smallest absolute Gasteiger partial charge is 0.339 e. The first-order valence-electron chi connectivity index (χ1n) is 9.56. The number of fused-ring (bicyclic) bond motifs is 1. The number of carbonyl (C=O) groups excluding carboxylic acids is 1. The number of nitrogens with zero attached hydrogens (tertiary/aromatic N) is 1. The van der Waals surface area contributed by atoms with Crippen molar-refractivity contribution in [1.82, 2.24) is 5.43 Å². The van der Waals surface area contributed by atoms with Crippen molar-refractivity contribution >= 4 is 17.9 Å². The minimum absolute atomic E-state index is 0.205. The average molecular weight is 385 g/mol. The molecule has 0 saturated heterocycles. The van der Waals surface area contributed by atoms with Gasteiger partial charge >= 0.3 is 6.03 Å². The van der Waals surface area contributed by atoms with E-state index in [1.165, 1.54) is 0 Å². The molecule has 2 amide bonds. The molecule has 1 aliphatic heterocycles. The number of amides is 2. The molecule has 29 heavy (non-hydrogen) atoms. The monoisotopic (exact) mass is 385 g/mol.